The van der Waals surface area contributed by atoms with E-state index in [9.17, 15) is 9.18 Å². The van der Waals surface area contributed by atoms with Gasteiger partial charge >= 0.3 is 0 Å². The van der Waals surface area contributed by atoms with Crippen LogP contribution in [0, 0.1) is 12.7 Å². The Morgan fingerprint density at radius 1 is 1.37 bits per heavy atom. The zero-order valence-corrected chi connectivity index (χ0v) is 17.2. The summed E-state index contributed by atoms with van der Waals surface area (Å²) in [5.41, 5.74) is 0.733. The predicted octanol–water partition coefficient (Wildman–Crippen LogP) is 3.71. The molecule has 9 heteroatoms. The Bertz CT molecular complexity index is 1030. The molecule has 0 aliphatic carbocycles. The first-order valence-corrected chi connectivity index (χ1v) is 10.3. The number of nitrogens with zero attached hydrogens (tertiary/aromatic N) is 3. The maximum Gasteiger partial charge on any atom is 0.260 e. The molecule has 3 aromatic rings. The summed E-state index contributed by atoms with van der Waals surface area (Å²) in [5, 5.41) is 3.96. The van der Waals surface area contributed by atoms with Crippen LogP contribution in [0.25, 0.3) is 0 Å². The molecule has 1 saturated heterocycles. The number of halogens is 1. The summed E-state index contributed by atoms with van der Waals surface area (Å²) in [4.78, 5) is 24.2. The molecular weight excluding hydrogens is 407 g/mol. The fourth-order valence-electron chi connectivity index (χ4n) is 3.07. The van der Waals surface area contributed by atoms with Crippen LogP contribution in [-0.4, -0.2) is 47.1 Å². The van der Waals surface area contributed by atoms with Crippen molar-refractivity contribution >= 4 is 28.2 Å². The number of thiazole rings is 1. The van der Waals surface area contributed by atoms with Crippen molar-refractivity contribution in [3.8, 4) is 5.75 Å². The minimum atomic E-state index is -0.404. The molecule has 30 heavy (non-hydrogen) atoms. The number of pyridine rings is 1. The third-order valence-corrected chi connectivity index (χ3v) is 5.36. The van der Waals surface area contributed by atoms with E-state index in [0.717, 1.165) is 15.7 Å². The van der Waals surface area contributed by atoms with Crippen LogP contribution in [-0.2, 0) is 9.53 Å². The van der Waals surface area contributed by atoms with Gasteiger partial charge in [-0.2, -0.15) is 0 Å². The standard InChI is InChI=1S/C21H21FN4O3S/c1-14-11-23-21(30-14)25-19-7-3-6-17(24-19)18-12-26(8-9-28-18)20(27)13-29-16-5-2-4-15(22)10-16/h2-7,10-11,18H,8-9,12-13H2,1H3,(H,23,24,25). The van der Waals surface area contributed by atoms with Crippen LogP contribution >= 0.6 is 11.3 Å². The number of aromatic nitrogens is 2. The molecule has 3 heterocycles. The van der Waals surface area contributed by atoms with Crippen molar-refractivity contribution in [1.82, 2.24) is 14.9 Å². The van der Waals surface area contributed by atoms with E-state index in [1.54, 1.807) is 34.6 Å². The van der Waals surface area contributed by atoms with E-state index in [2.05, 4.69) is 15.3 Å². The van der Waals surface area contributed by atoms with Crippen molar-refractivity contribution in [3.05, 3.63) is 65.0 Å². The molecule has 1 atom stereocenters. The molecule has 0 radical (unpaired) electrons. The van der Waals surface area contributed by atoms with Crippen LogP contribution in [0.2, 0.25) is 0 Å². The second kappa shape index (κ2) is 9.19. The van der Waals surface area contributed by atoms with Gasteiger partial charge in [-0.1, -0.05) is 12.1 Å². The average Bonchev–Trinajstić information content (AvgIpc) is 3.17. The molecule has 1 fully saturated rings. The minimum Gasteiger partial charge on any atom is -0.484 e. The zero-order chi connectivity index (χ0) is 20.9. The lowest BCUT2D eigenvalue weighted by Gasteiger charge is -2.32. The molecule has 2 aromatic heterocycles. The van der Waals surface area contributed by atoms with Crippen molar-refractivity contribution in [3.63, 3.8) is 0 Å². The molecule has 156 valence electrons. The highest BCUT2D eigenvalue weighted by Gasteiger charge is 2.26. The Hall–Kier alpha value is -3.04. The SMILES string of the molecule is Cc1cnc(Nc2cccc(C3CN(C(=O)COc4cccc(F)c4)CCO3)n2)s1. The highest BCUT2D eigenvalue weighted by molar-refractivity contribution is 7.15. The van der Waals surface area contributed by atoms with Crippen LogP contribution in [0.3, 0.4) is 0 Å². The predicted molar refractivity (Wildman–Crippen MR) is 112 cm³/mol. The smallest absolute Gasteiger partial charge is 0.260 e. The molecule has 4 rings (SSSR count). The average molecular weight is 428 g/mol. The number of aryl methyl sites for hydroxylation is 1. The van der Waals surface area contributed by atoms with Crippen LogP contribution in [0.4, 0.5) is 15.3 Å². The maximum atomic E-state index is 13.2. The zero-order valence-electron chi connectivity index (χ0n) is 16.4. The van der Waals surface area contributed by atoms with Gasteiger partial charge in [0.05, 0.1) is 18.8 Å². The lowest BCUT2D eigenvalue weighted by molar-refractivity contribution is -0.141. The first-order valence-electron chi connectivity index (χ1n) is 9.51. The van der Waals surface area contributed by atoms with Crippen molar-refractivity contribution in [2.45, 2.75) is 13.0 Å². The molecule has 0 bridgehead atoms. The van der Waals surface area contributed by atoms with Gasteiger partial charge in [-0.15, -0.1) is 11.3 Å². The van der Waals surface area contributed by atoms with Gasteiger partial charge in [0, 0.05) is 23.7 Å². The van der Waals surface area contributed by atoms with Gasteiger partial charge < -0.3 is 19.7 Å². The van der Waals surface area contributed by atoms with E-state index >= 15 is 0 Å². The molecule has 1 N–H and O–H groups in total. The fourth-order valence-corrected chi connectivity index (χ4v) is 3.74. The molecule has 1 aromatic carbocycles. The number of ether oxygens (including phenoxy) is 2. The third-order valence-electron chi connectivity index (χ3n) is 4.53. The number of hydrogen-bond donors (Lipinski definition) is 1. The van der Waals surface area contributed by atoms with Gasteiger partial charge in [0.25, 0.3) is 5.91 Å². The Labute approximate surface area is 177 Å². The Morgan fingerprint density at radius 3 is 3.03 bits per heavy atom. The number of hydrogen-bond acceptors (Lipinski definition) is 7. The normalized spacial score (nSPS) is 16.3. The second-order valence-electron chi connectivity index (χ2n) is 6.79. The van der Waals surface area contributed by atoms with E-state index in [-0.39, 0.29) is 18.6 Å². The number of rotatable bonds is 6. The fraction of sp³-hybridized carbons (Fsp3) is 0.286. The monoisotopic (exact) mass is 428 g/mol. The summed E-state index contributed by atoms with van der Waals surface area (Å²) in [7, 11) is 0. The van der Waals surface area contributed by atoms with E-state index in [0.29, 0.717) is 31.3 Å². The van der Waals surface area contributed by atoms with Crippen LogP contribution in [0.1, 0.15) is 16.7 Å². The van der Waals surface area contributed by atoms with Gasteiger partial charge in [-0.3, -0.25) is 4.79 Å². The Kier molecular flexibility index (Phi) is 6.20. The third kappa shape index (κ3) is 5.11. The van der Waals surface area contributed by atoms with Gasteiger partial charge in [0.15, 0.2) is 11.7 Å². The number of amides is 1. The first kappa shape index (κ1) is 20.2. The minimum absolute atomic E-state index is 0.158. The lowest BCUT2D eigenvalue weighted by Crippen LogP contribution is -2.44. The second-order valence-corrected chi connectivity index (χ2v) is 8.03. The van der Waals surface area contributed by atoms with Gasteiger partial charge in [-0.25, -0.2) is 14.4 Å². The Morgan fingerprint density at radius 2 is 2.23 bits per heavy atom. The molecule has 1 aliphatic heterocycles. The van der Waals surface area contributed by atoms with Crippen LogP contribution < -0.4 is 10.1 Å². The van der Waals surface area contributed by atoms with Crippen molar-refractivity contribution in [1.29, 1.82) is 0 Å². The number of carbonyl (C=O) groups is 1. The number of benzene rings is 1. The number of carbonyl (C=O) groups excluding carboxylic acids is 1. The summed E-state index contributed by atoms with van der Waals surface area (Å²) in [6.45, 7) is 3.08. The molecule has 1 amide bonds. The van der Waals surface area contributed by atoms with E-state index in [1.807, 2.05) is 25.1 Å². The van der Waals surface area contributed by atoms with Crippen molar-refractivity contribution < 1.29 is 18.7 Å². The number of anilines is 2. The highest BCUT2D eigenvalue weighted by Crippen LogP contribution is 2.25. The topological polar surface area (TPSA) is 76.6 Å². The van der Waals surface area contributed by atoms with E-state index in [1.165, 1.54) is 12.1 Å². The summed E-state index contributed by atoms with van der Waals surface area (Å²) in [5.74, 6) is 0.410. The molecule has 7 nitrogen and oxygen atoms in total. The van der Waals surface area contributed by atoms with E-state index < -0.39 is 5.82 Å². The molecule has 1 aliphatic rings. The number of morpholine rings is 1. The largest absolute Gasteiger partial charge is 0.484 e. The Balaban J connectivity index is 1.37. The van der Waals surface area contributed by atoms with Crippen LogP contribution in [0.5, 0.6) is 5.75 Å². The van der Waals surface area contributed by atoms with Crippen molar-refractivity contribution in [2.24, 2.45) is 0 Å². The first-order chi connectivity index (χ1) is 14.6. The lowest BCUT2D eigenvalue weighted by atomic mass is 10.2. The summed E-state index contributed by atoms with van der Waals surface area (Å²) in [6.07, 6.45) is 1.47. The summed E-state index contributed by atoms with van der Waals surface area (Å²) >= 11 is 1.55. The molecule has 1 unspecified atom stereocenters. The molecule has 0 saturated carbocycles. The number of nitrogens with one attached hydrogen (secondary N) is 1. The van der Waals surface area contributed by atoms with E-state index in [4.69, 9.17) is 9.47 Å². The van der Waals surface area contributed by atoms with Gasteiger partial charge in [0.1, 0.15) is 23.5 Å². The maximum absolute atomic E-state index is 13.2. The van der Waals surface area contributed by atoms with Gasteiger partial charge in [-0.05, 0) is 31.2 Å². The quantitative estimate of drug-likeness (QED) is 0.645. The molecule has 0 spiro atoms. The highest BCUT2D eigenvalue weighted by atomic mass is 32.1. The van der Waals surface area contributed by atoms with Crippen LogP contribution in [0.15, 0.2) is 48.7 Å². The summed E-state index contributed by atoms with van der Waals surface area (Å²) < 4.78 is 24.5. The van der Waals surface area contributed by atoms with Crippen molar-refractivity contribution in [2.75, 3.05) is 31.6 Å². The molecular formula is C21H21FN4O3S. The summed E-state index contributed by atoms with van der Waals surface area (Å²) in [6, 6.07) is 11.4. The van der Waals surface area contributed by atoms with Gasteiger partial charge in [0.2, 0.25) is 0 Å².